The van der Waals surface area contributed by atoms with Crippen LogP contribution in [0.3, 0.4) is 0 Å². The van der Waals surface area contributed by atoms with Gasteiger partial charge in [0.05, 0.1) is 11.9 Å². The summed E-state index contributed by atoms with van der Waals surface area (Å²) in [6.45, 7) is 0. The number of aromatic amines is 2. The number of H-pyrrole nitrogens is 2. The Balaban J connectivity index is 2.38. The number of nitrogens with zero attached hydrogens (tertiary/aromatic N) is 1. The predicted molar refractivity (Wildman–Crippen MR) is 92.9 cm³/mol. The van der Waals surface area contributed by atoms with Crippen molar-refractivity contribution in [2.45, 2.75) is 6.42 Å². The van der Waals surface area contributed by atoms with Crippen LogP contribution in [-0.4, -0.2) is 25.9 Å². The van der Waals surface area contributed by atoms with Crippen molar-refractivity contribution in [1.82, 2.24) is 9.97 Å². The summed E-state index contributed by atoms with van der Waals surface area (Å²) in [4.78, 5) is 34.8. The first-order chi connectivity index (χ1) is 11.3. The van der Waals surface area contributed by atoms with Crippen molar-refractivity contribution >= 4 is 32.0 Å². The van der Waals surface area contributed by atoms with Gasteiger partial charge in [-0.1, -0.05) is 30.3 Å². The molecule has 0 amide bonds. The highest BCUT2D eigenvalue weighted by Crippen LogP contribution is 2.35. The molecule has 2 rings (SSSR count). The molecule has 1 aromatic heterocycles. The summed E-state index contributed by atoms with van der Waals surface area (Å²) in [7, 11) is -4.09. The summed E-state index contributed by atoms with van der Waals surface area (Å²) in [5, 5.41) is 9.07. The molecule has 24 heavy (non-hydrogen) atoms. The molecular formula is C15H14N3O4PS. The molecule has 0 bridgehead atoms. The van der Waals surface area contributed by atoms with Gasteiger partial charge < -0.3 is 14.8 Å². The number of nitriles is 1. The Hall–Kier alpha value is -2.30. The summed E-state index contributed by atoms with van der Waals surface area (Å²) >= 11 is 4.89. The molecule has 0 aliphatic rings. The van der Waals surface area contributed by atoms with Gasteiger partial charge in [0.2, 0.25) is 0 Å². The molecule has 2 aromatic rings. The van der Waals surface area contributed by atoms with Gasteiger partial charge in [-0.05, 0) is 35.8 Å². The van der Waals surface area contributed by atoms with Crippen molar-refractivity contribution in [3.8, 4) is 6.07 Å². The van der Waals surface area contributed by atoms with Crippen molar-refractivity contribution in [2.75, 3.05) is 6.16 Å². The molecule has 4 N–H and O–H groups in total. The molecule has 0 spiro atoms. The van der Waals surface area contributed by atoms with Gasteiger partial charge in [0.25, 0.3) is 5.56 Å². The Labute approximate surface area is 142 Å². The molecule has 0 aliphatic carbocycles. The zero-order chi connectivity index (χ0) is 17.7. The zero-order valence-electron chi connectivity index (χ0n) is 12.4. The van der Waals surface area contributed by atoms with E-state index >= 15 is 0 Å². The van der Waals surface area contributed by atoms with Gasteiger partial charge in [-0.15, -0.1) is 0 Å². The second-order valence-corrected chi connectivity index (χ2v) is 7.16. The lowest BCUT2D eigenvalue weighted by atomic mass is 10.0. The average molecular weight is 363 g/mol. The third kappa shape index (κ3) is 4.85. The van der Waals surface area contributed by atoms with Crippen molar-refractivity contribution in [3.63, 3.8) is 0 Å². The minimum Gasteiger partial charge on any atom is -0.331 e. The van der Waals surface area contributed by atoms with Crippen molar-refractivity contribution in [3.05, 3.63) is 61.8 Å². The Bertz CT molecular complexity index is 981. The molecule has 9 heteroatoms. The molecule has 0 saturated carbocycles. The van der Waals surface area contributed by atoms with E-state index in [9.17, 15) is 9.36 Å². The van der Waals surface area contributed by atoms with E-state index in [1.807, 2.05) is 6.07 Å². The zero-order valence-corrected chi connectivity index (χ0v) is 14.1. The van der Waals surface area contributed by atoms with Gasteiger partial charge in [-0.25, -0.2) is 0 Å². The fraction of sp³-hybridized carbons (Fsp3) is 0.133. The summed E-state index contributed by atoms with van der Waals surface area (Å²) < 4.78 is 11.1. The minimum atomic E-state index is -4.09. The first kappa shape index (κ1) is 18.0. The second-order valence-electron chi connectivity index (χ2n) is 4.98. The van der Waals surface area contributed by atoms with E-state index in [2.05, 4.69) is 9.97 Å². The molecule has 0 saturated heterocycles. The molecule has 124 valence electrons. The SMILES string of the molecule is N#Cc1c(C=Cc2ccccc2CCP(=O)(O)O)[nH]c(=S)[nH]c1=O. The summed E-state index contributed by atoms with van der Waals surface area (Å²) in [5.41, 5.74) is 1.09. The first-order valence-electron chi connectivity index (χ1n) is 6.87. The van der Waals surface area contributed by atoms with E-state index in [0.717, 1.165) is 11.1 Å². The molecular weight excluding hydrogens is 349 g/mol. The molecule has 0 atom stereocenters. The van der Waals surface area contributed by atoms with E-state index in [1.165, 1.54) is 0 Å². The maximum absolute atomic E-state index is 11.7. The Morgan fingerprint density at radius 3 is 2.62 bits per heavy atom. The molecule has 0 unspecified atom stereocenters. The van der Waals surface area contributed by atoms with Crippen LogP contribution in [0.2, 0.25) is 0 Å². The Morgan fingerprint density at radius 2 is 1.96 bits per heavy atom. The van der Waals surface area contributed by atoms with Gasteiger partial charge in [0, 0.05) is 0 Å². The summed E-state index contributed by atoms with van der Waals surface area (Å²) in [5.74, 6) is 0. The highest BCUT2D eigenvalue weighted by Gasteiger charge is 2.13. The third-order valence-corrected chi connectivity index (χ3v) is 4.25. The maximum atomic E-state index is 11.7. The lowest BCUT2D eigenvalue weighted by molar-refractivity contribution is 0.373. The molecule has 0 radical (unpaired) electrons. The fourth-order valence-electron chi connectivity index (χ4n) is 2.10. The van der Waals surface area contributed by atoms with E-state index in [4.69, 9.17) is 27.3 Å². The van der Waals surface area contributed by atoms with Gasteiger partial charge in [-0.3, -0.25) is 14.3 Å². The van der Waals surface area contributed by atoms with Crippen molar-refractivity contribution < 1.29 is 14.4 Å². The summed E-state index contributed by atoms with van der Waals surface area (Å²) in [6.07, 6.45) is 3.16. The molecule has 1 aromatic carbocycles. The number of hydrogen-bond acceptors (Lipinski definition) is 4. The number of hydrogen-bond donors (Lipinski definition) is 4. The van der Waals surface area contributed by atoms with E-state index in [-0.39, 0.29) is 28.6 Å². The second kappa shape index (κ2) is 7.51. The number of rotatable bonds is 5. The van der Waals surface area contributed by atoms with Gasteiger partial charge in [-0.2, -0.15) is 5.26 Å². The van der Waals surface area contributed by atoms with Crippen LogP contribution in [0.4, 0.5) is 0 Å². The van der Waals surface area contributed by atoms with Gasteiger partial charge in [0.15, 0.2) is 4.77 Å². The fourth-order valence-corrected chi connectivity index (χ4v) is 2.84. The predicted octanol–water partition coefficient (Wildman–Crippen LogP) is 2.19. The average Bonchev–Trinajstić information content (AvgIpc) is 2.50. The molecule has 7 nitrogen and oxygen atoms in total. The van der Waals surface area contributed by atoms with Gasteiger partial charge in [0.1, 0.15) is 11.6 Å². The quantitative estimate of drug-likeness (QED) is 0.476. The number of nitrogens with one attached hydrogen (secondary N) is 2. The van der Waals surface area contributed by atoms with Crippen LogP contribution in [0.5, 0.6) is 0 Å². The maximum Gasteiger partial charge on any atom is 0.325 e. The lowest BCUT2D eigenvalue weighted by Crippen LogP contribution is -2.13. The first-order valence-corrected chi connectivity index (χ1v) is 9.08. The largest absolute Gasteiger partial charge is 0.331 e. The highest BCUT2D eigenvalue weighted by atomic mass is 32.1. The minimum absolute atomic E-state index is 0.0902. The van der Waals surface area contributed by atoms with Crippen LogP contribution in [0.15, 0.2) is 29.1 Å². The van der Waals surface area contributed by atoms with E-state index in [1.54, 1.807) is 36.4 Å². The van der Waals surface area contributed by atoms with Gasteiger partial charge >= 0.3 is 7.60 Å². The van der Waals surface area contributed by atoms with E-state index in [0.29, 0.717) is 0 Å². The van der Waals surface area contributed by atoms with Crippen LogP contribution in [0, 0.1) is 16.1 Å². The van der Waals surface area contributed by atoms with Crippen LogP contribution in [0.1, 0.15) is 22.4 Å². The van der Waals surface area contributed by atoms with Crippen LogP contribution < -0.4 is 5.56 Å². The van der Waals surface area contributed by atoms with E-state index < -0.39 is 13.2 Å². The van der Waals surface area contributed by atoms with Crippen LogP contribution in [0.25, 0.3) is 12.2 Å². The highest BCUT2D eigenvalue weighted by molar-refractivity contribution is 7.71. The number of benzene rings is 1. The number of aromatic nitrogens is 2. The lowest BCUT2D eigenvalue weighted by Gasteiger charge is -2.07. The molecule has 0 fully saturated rings. The monoisotopic (exact) mass is 363 g/mol. The molecule has 1 heterocycles. The standard InChI is InChI=1S/C15H14N3O4PS/c16-9-12-13(17-15(24)18-14(12)19)6-5-10-3-1-2-4-11(10)7-8-23(20,21)22/h1-6H,7-8H2,(H2,20,21,22)(H2,17,18,19,24). The topological polar surface area (TPSA) is 130 Å². The Morgan fingerprint density at radius 1 is 1.25 bits per heavy atom. The smallest absolute Gasteiger partial charge is 0.325 e. The van der Waals surface area contributed by atoms with Crippen molar-refractivity contribution in [2.24, 2.45) is 0 Å². The third-order valence-electron chi connectivity index (χ3n) is 3.24. The molecule has 0 aliphatic heterocycles. The number of aryl methyl sites for hydroxylation is 1. The van der Waals surface area contributed by atoms with Crippen LogP contribution >= 0.6 is 19.8 Å². The normalized spacial score (nSPS) is 11.5. The summed E-state index contributed by atoms with van der Waals surface area (Å²) in [6, 6.07) is 8.91. The van der Waals surface area contributed by atoms with Crippen LogP contribution in [-0.2, 0) is 11.0 Å². The Kier molecular flexibility index (Phi) is 5.65. The van der Waals surface area contributed by atoms with Crippen molar-refractivity contribution in [1.29, 1.82) is 5.26 Å².